The minimum atomic E-state index is -0.252. The molecular formula is C13H16N2O3S. The van der Waals surface area contributed by atoms with E-state index in [0.717, 1.165) is 0 Å². The van der Waals surface area contributed by atoms with Gasteiger partial charge in [0.2, 0.25) is 5.91 Å². The van der Waals surface area contributed by atoms with Crippen molar-refractivity contribution in [2.45, 2.75) is 0 Å². The summed E-state index contributed by atoms with van der Waals surface area (Å²) < 4.78 is 0. The van der Waals surface area contributed by atoms with E-state index in [1.165, 1.54) is 21.1 Å². The van der Waals surface area contributed by atoms with Crippen LogP contribution in [0.5, 0.6) is 0 Å². The van der Waals surface area contributed by atoms with Gasteiger partial charge in [-0.3, -0.25) is 9.59 Å². The van der Waals surface area contributed by atoms with E-state index in [2.05, 4.69) is 11.8 Å². The summed E-state index contributed by atoms with van der Waals surface area (Å²) in [7, 11) is 4.86. The SMILES string of the molecule is CN(C)C(=O)CN(C)C(=O)c1sccc1C#CCO. The summed E-state index contributed by atoms with van der Waals surface area (Å²) in [4.78, 5) is 27.0. The summed E-state index contributed by atoms with van der Waals surface area (Å²) in [5, 5.41) is 10.4. The molecule has 1 aromatic rings. The van der Waals surface area contributed by atoms with Crippen LogP contribution in [0.4, 0.5) is 0 Å². The Morgan fingerprint density at radius 2 is 2.05 bits per heavy atom. The molecule has 1 N–H and O–H groups in total. The van der Waals surface area contributed by atoms with Crippen LogP contribution in [0.1, 0.15) is 15.2 Å². The van der Waals surface area contributed by atoms with Gasteiger partial charge in [-0.1, -0.05) is 11.8 Å². The summed E-state index contributed by atoms with van der Waals surface area (Å²) >= 11 is 1.27. The topological polar surface area (TPSA) is 60.9 Å². The number of likely N-dealkylation sites (N-methyl/N-ethyl adjacent to an activating group) is 2. The third-order valence-electron chi connectivity index (χ3n) is 2.38. The van der Waals surface area contributed by atoms with E-state index >= 15 is 0 Å². The van der Waals surface area contributed by atoms with E-state index in [4.69, 9.17) is 5.11 Å². The van der Waals surface area contributed by atoms with Gasteiger partial charge in [-0.25, -0.2) is 0 Å². The van der Waals surface area contributed by atoms with Crippen LogP contribution in [-0.4, -0.2) is 61.0 Å². The van der Waals surface area contributed by atoms with E-state index in [1.54, 1.807) is 32.6 Å². The molecule has 0 fully saturated rings. The number of carbonyl (C=O) groups is 2. The van der Waals surface area contributed by atoms with Crippen LogP contribution in [0.15, 0.2) is 11.4 Å². The summed E-state index contributed by atoms with van der Waals surface area (Å²) in [6.07, 6.45) is 0. The second kappa shape index (κ2) is 6.92. The van der Waals surface area contributed by atoms with Crippen molar-refractivity contribution in [3.05, 3.63) is 21.9 Å². The van der Waals surface area contributed by atoms with Gasteiger partial charge in [0, 0.05) is 26.7 Å². The Labute approximate surface area is 116 Å². The molecule has 0 atom stereocenters. The number of amides is 2. The highest BCUT2D eigenvalue weighted by Gasteiger charge is 2.19. The second-order valence-electron chi connectivity index (χ2n) is 4.07. The normalized spacial score (nSPS) is 9.47. The molecule has 0 unspecified atom stereocenters. The van der Waals surface area contributed by atoms with Crippen molar-refractivity contribution in [1.29, 1.82) is 0 Å². The molecule has 1 rings (SSSR count). The first-order valence-corrected chi connectivity index (χ1v) is 6.48. The summed E-state index contributed by atoms with van der Waals surface area (Å²) in [6, 6.07) is 1.72. The first kappa shape index (κ1) is 15.2. The standard InChI is InChI=1S/C13H16N2O3S/c1-14(2)11(17)9-15(3)13(18)12-10(5-4-7-16)6-8-19-12/h6,8,16H,7,9H2,1-3H3. The van der Waals surface area contributed by atoms with Gasteiger partial charge in [0.1, 0.15) is 11.5 Å². The molecule has 0 aliphatic carbocycles. The highest BCUT2D eigenvalue weighted by Crippen LogP contribution is 2.17. The van der Waals surface area contributed by atoms with E-state index < -0.39 is 0 Å². The summed E-state index contributed by atoms with van der Waals surface area (Å²) in [5.74, 6) is 4.85. The van der Waals surface area contributed by atoms with Crippen LogP contribution in [0.3, 0.4) is 0 Å². The minimum Gasteiger partial charge on any atom is -0.384 e. The number of thiophene rings is 1. The third-order valence-corrected chi connectivity index (χ3v) is 3.28. The molecule has 102 valence electrons. The quantitative estimate of drug-likeness (QED) is 0.808. The van der Waals surface area contributed by atoms with Crippen LogP contribution in [-0.2, 0) is 4.79 Å². The Balaban J connectivity index is 2.83. The van der Waals surface area contributed by atoms with Gasteiger partial charge in [-0.15, -0.1) is 11.3 Å². The third kappa shape index (κ3) is 4.09. The van der Waals surface area contributed by atoms with Crippen molar-refractivity contribution < 1.29 is 14.7 Å². The molecular weight excluding hydrogens is 264 g/mol. The van der Waals surface area contributed by atoms with E-state index in [9.17, 15) is 9.59 Å². The molecule has 1 heterocycles. The van der Waals surface area contributed by atoms with Crippen LogP contribution in [0.2, 0.25) is 0 Å². The summed E-state index contributed by atoms with van der Waals surface area (Å²) in [5.41, 5.74) is 0.577. The lowest BCUT2D eigenvalue weighted by Gasteiger charge is -2.18. The Kier molecular flexibility index (Phi) is 5.55. The lowest BCUT2D eigenvalue weighted by atomic mass is 10.2. The average molecular weight is 280 g/mol. The number of aliphatic hydroxyl groups excluding tert-OH is 1. The Hall–Kier alpha value is -1.84. The first-order valence-electron chi connectivity index (χ1n) is 5.60. The highest BCUT2D eigenvalue weighted by atomic mass is 32.1. The molecule has 0 aromatic carbocycles. The van der Waals surface area contributed by atoms with E-state index in [-0.39, 0.29) is 25.0 Å². The van der Waals surface area contributed by atoms with Gasteiger partial charge < -0.3 is 14.9 Å². The van der Waals surface area contributed by atoms with Crippen molar-refractivity contribution in [3.8, 4) is 11.8 Å². The average Bonchev–Trinajstić information content (AvgIpc) is 2.83. The fourth-order valence-electron chi connectivity index (χ4n) is 1.30. The predicted molar refractivity (Wildman–Crippen MR) is 73.9 cm³/mol. The van der Waals surface area contributed by atoms with E-state index in [0.29, 0.717) is 10.4 Å². The van der Waals surface area contributed by atoms with Crippen molar-refractivity contribution in [2.75, 3.05) is 34.3 Å². The molecule has 0 spiro atoms. The van der Waals surface area contributed by atoms with E-state index in [1.807, 2.05) is 0 Å². The molecule has 0 radical (unpaired) electrons. The number of rotatable bonds is 3. The number of nitrogens with zero attached hydrogens (tertiary/aromatic N) is 2. The molecule has 0 aliphatic heterocycles. The smallest absolute Gasteiger partial charge is 0.265 e. The van der Waals surface area contributed by atoms with Crippen LogP contribution in [0.25, 0.3) is 0 Å². The van der Waals surface area contributed by atoms with Crippen molar-refractivity contribution in [2.24, 2.45) is 0 Å². The van der Waals surface area contributed by atoms with Crippen LogP contribution >= 0.6 is 11.3 Å². The van der Waals surface area contributed by atoms with Crippen molar-refractivity contribution in [3.63, 3.8) is 0 Å². The number of hydrogen-bond donors (Lipinski definition) is 1. The zero-order valence-corrected chi connectivity index (χ0v) is 12.0. The maximum atomic E-state index is 12.2. The number of carbonyl (C=O) groups excluding carboxylic acids is 2. The zero-order chi connectivity index (χ0) is 14.4. The molecule has 19 heavy (non-hydrogen) atoms. The predicted octanol–water partition coefficient (Wildman–Crippen LogP) is 0.252. The fraction of sp³-hybridized carbons (Fsp3) is 0.385. The Bertz CT molecular complexity index is 525. The molecule has 5 nitrogen and oxygen atoms in total. The van der Waals surface area contributed by atoms with Gasteiger partial charge in [0.15, 0.2) is 0 Å². The van der Waals surface area contributed by atoms with Gasteiger partial charge in [0.05, 0.1) is 6.54 Å². The van der Waals surface area contributed by atoms with Crippen molar-refractivity contribution >= 4 is 23.2 Å². The van der Waals surface area contributed by atoms with Crippen molar-refractivity contribution in [1.82, 2.24) is 9.80 Å². The summed E-state index contributed by atoms with van der Waals surface area (Å²) in [6.45, 7) is -0.227. The molecule has 2 amide bonds. The van der Waals surface area contributed by atoms with Gasteiger partial charge >= 0.3 is 0 Å². The minimum absolute atomic E-state index is 0.0244. The lowest BCUT2D eigenvalue weighted by molar-refractivity contribution is -0.129. The second-order valence-corrected chi connectivity index (χ2v) is 4.99. The molecule has 0 aliphatic rings. The first-order chi connectivity index (χ1) is 8.97. The highest BCUT2D eigenvalue weighted by molar-refractivity contribution is 7.12. The largest absolute Gasteiger partial charge is 0.384 e. The molecule has 6 heteroatoms. The van der Waals surface area contributed by atoms with Gasteiger partial charge in [-0.2, -0.15) is 0 Å². The monoisotopic (exact) mass is 280 g/mol. The number of aliphatic hydroxyl groups is 1. The molecule has 0 saturated carbocycles. The van der Waals surface area contributed by atoms with Crippen LogP contribution < -0.4 is 0 Å². The molecule has 1 aromatic heterocycles. The fourth-order valence-corrected chi connectivity index (χ4v) is 2.14. The van der Waals surface area contributed by atoms with Gasteiger partial charge in [0.25, 0.3) is 5.91 Å². The maximum absolute atomic E-state index is 12.2. The zero-order valence-electron chi connectivity index (χ0n) is 11.1. The number of hydrogen-bond acceptors (Lipinski definition) is 4. The molecule has 0 saturated heterocycles. The van der Waals surface area contributed by atoms with Gasteiger partial charge in [-0.05, 0) is 11.4 Å². The lowest BCUT2D eigenvalue weighted by Crippen LogP contribution is -2.37. The van der Waals surface area contributed by atoms with Crippen LogP contribution in [0, 0.1) is 11.8 Å². The maximum Gasteiger partial charge on any atom is 0.265 e. The molecule has 0 bridgehead atoms. The Morgan fingerprint density at radius 3 is 2.63 bits per heavy atom. The Morgan fingerprint density at radius 1 is 1.37 bits per heavy atom.